The van der Waals surface area contributed by atoms with Gasteiger partial charge in [0.2, 0.25) is 0 Å². The quantitative estimate of drug-likeness (QED) is 0.867. The van der Waals surface area contributed by atoms with Gasteiger partial charge in [0.25, 0.3) is 15.0 Å². The van der Waals surface area contributed by atoms with Crippen LogP contribution >= 0.6 is 22.0 Å². The largest absolute Gasteiger partial charge is 0.352 e. The summed E-state index contributed by atoms with van der Waals surface area (Å²) in [4.78, 5) is 11.9. The van der Waals surface area contributed by atoms with Crippen molar-refractivity contribution in [3.8, 4) is 0 Å². The van der Waals surface area contributed by atoms with Crippen LogP contribution in [0.4, 0.5) is 0 Å². The van der Waals surface area contributed by atoms with Crippen molar-refractivity contribution in [2.45, 2.75) is 30.4 Å². The standard InChI is InChI=1S/C12H16ClNO3S2/c1-8-3-2-4-9(8)6-14-12(15)10-5-11(18-7-10)19(13,16)17/h5,7-9H,2-4,6H2,1H3,(H,14,15). The van der Waals surface area contributed by atoms with Gasteiger partial charge in [-0.25, -0.2) is 8.42 Å². The summed E-state index contributed by atoms with van der Waals surface area (Å²) in [7, 11) is 1.48. The van der Waals surface area contributed by atoms with E-state index in [4.69, 9.17) is 10.7 Å². The van der Waals surface area contributed by atoms with Crippen molar-refractivity contribution in [2.75, 3.05) is 6.54 Å². The second-order valence-electron chi connectivity index (χ2n) is 4.97. The van der Waals surface area contributed by atoms with Crippen LogP contribution < -0.4 is 5.32 Å². The molecule has 0 radical (unpaired) electrons. The highest BCUT2D eigenvalue weighted by Gasteiger charge is 2.24. The molecule has 0 bridgehead atoms. The Balaban J connectivity index is 1.95. The number of carbonyl (C=O) groups is 1. The average Bonchev–Trinajstić information content (AvgIpc) is 2.93. The molecule has 1 fully saturated rings. The summed E-state index contributed by atoms with van der Waals surface area (Å²) >= 11 is 0.963. The van der Waals surface area contributed by atoms with E-state index in [2.05, 4.69) is 12.2 Å². The molecule has 1 aromatic rings. The van der Waals surface area contributed by atoms with E-state index in [1.165, 1.54) is 24.3 Å². The Kier molecular flexibility index (Phi) is 4.53. The normalized spacial score (nSPS) is 23.5. The topological polar surface area (TPSA) is 63.2 Å². The minimum atomic E-state index is -3.74. The van der Waals surface area contributed by atoms with E-state index in [0.29, 0.717) is 23.9 Å². The molecule has 0 saturated heterocycles. The van der Waals surface area contributed by atoms with Crippen molar-refractivity contribution < 1.29 is 13.2 Å². The molecule has 1 saturated carbocycles. The van der Waals surface area contributed by atoms with Crippen LogP contribution in [0.15, 0.2) is 15.7 Å². The van der Waals surface area contributed by atoms with Crippen LogP contribution in [-0.4, -0.2) is 20.9 Å². The van der Waals surface area contributed by atoms with E-state index < -0.39 is 9.05 Å². The van der Waals surface area contributed by atoms with Crippen LogP contribution in [0.3, 0.4) is 0 Å². The number of amides is 1. The summed E-state index contributed by atoms with van der Waals surface area (Å²) in [6.45, 7) is 2.85. The lowest BCUT2D eigenvalue weighted by molar-refractivity contribution is 0.0945. The predicted molar refractivity (Wildman–Crippen MR) is 76.2 cm³/mol. The molecule has 2 unspecified atom stereocenters. The van der Waals surface area contributed by atoms with Gasteiger partial charge in [0.1, 0.15) is 4.21 Å². The van der Waals surface area contributed by atoms with E-state index in [9.17, 15) is 13.2 Å². The first-order chi connectivity index (χ1) is 8.88. The molecule has 1 aliphatic rings. The molecule has 1 aliphatic carbocycles. The molecule has 7 heteroatoms. The Morgan fingerprint density at radius 2 is 2.26 bits per heavy atom. The van der Waals surface area contributed by atoms with Gasteiger partial charge in [0.05, 0.1) is 5.56 Å². The van der Waals surface area contributed by atoms with Crippen LogP contribution in [0.2, 0.25) is 0 Å². The Labute approximate surface area is 121 Å². The Hall–Kier alpha value is -0.590. The molecule has 1 amide bonds. The van der Waals surface area contributed by atoms with Crippen molar-refractivity contribution in [1.82, 2.24) is 5.32 Å². The highest BCUT2D eigenvalue weighted by Crippen LogP contribution is 2.30. The number of halogens is 1. The number of nitrogens with one attached hydrogen (secondary N) is 1. The van der Waals surface area contributed by atoms with Crippen molar-refractivity contribution in [2.24, 2.45) is 11.8 Å². The summed E-state index contributed by atoms with van der Waals surface area (Å²) in [6, 6.07) is 1.32. The molecular formula is C12H16ClNO3S2. The fourth-order valence-electron chi connectivity index (χ4n) is 2.41. The molecule has 2 rings (SSSR count). The molecule has 0 aromatic carbocycles. The molecule has 1 aromatic heterocycles. The van der Waals surface area contributed by atoms with Crippen LogP contribution in [0.25, 0.3) is 0 Å². The van der Waals surface area contributed by atoms with Crippen LogP contribution in [0.5, 0.6) is 0 Å². The first kappa shape index (κ1) is 14.8. The molecular weight excluding hydrogens is 306 g/mol. The van der Waals surface area contributed by atoms with Gasteiger partial charge in [-0.1, -0.05) is 19.8 Å². The van der Waals surface area contributed by atoms with Crippen molar-refractivity contribution in [3.05, 3.63) is 17.0 Å². The van der Waals surface area contributed by atoms with E-state index in [0.717, 1.165) is 17.8 Å². The minimum absolute atomic E-state index is 0.00792. The van der Waals surface area contributed by atoms with Crippen molar-refractivity contribution >= 4 is 37.0 Å². The maximum atomic E-state index is 11.9. The lowest BCUT2D eigenvalue weighted by atomic mass is 9.98. The van der Waals surface area contributed by atoms with E-state index in [-0.39, 0.29) is 10.1 Å². The van der Waals surface area contributed by atoms with Gasteiger partial charge < -0.3 is 5.32 Å². The fraction of sp³-hybridized carbons (Fsp3) is 0.583. The summed E-state index contributed by atoms with van der Waals surface area (Å²) in [5.74, 6) is 0.933. The zero-order valence-corrected chi connectivity index (χ0v) is 12.9. The highest BCUT2D eigenvalue weighted by molar-refractivity contribution is 8.15. The molecule has 19 heavy (non-hydrogen) atoms. The molecule has 2 atom stereocenters. The number of hydrogen-bond acceptors (Lipinski definition) is 4. The molecule has 0 aliphatic heterocycles. The maximum absolute atomic E-state index is 11.9. The van der Waals surface area contributed by atoms with Gasteiger partial charge in [-0.3, -0.25) is 4.79 Å². The van der Waals surface area contributed by atoms with Gasteiger partial charge in [0.15, 0.2) is 0 Å². The molecule has 106 valence electrons. The SMILES string of the molecule is CC1CCCC1CNC(=O)c1csc(S(=O)(=O)Cl)c1. The van der Waals surface area contributed by atoms with Crippen LogP contribution in [0, 0.1) is 11.8 Å². The van der Waals surface area contributed by atoms with Gasteiger partial charge in [-0.15, -0.1) is 11.3 Å². The Morgan fingerprint density at radius 3 is 2.79 bits per heavy atom. The first-order valence-corrected chi connectivity index (χ1v) is 9.38. The summed E-state index contributed by atoms with van der Waals surface area (Å²) in [5.41, 5.74) is 0.356. The number of carbonyl (C=O) groups excluding carboxylic acids is 1. The van der Waals surface area contributed by atoms with Crippen molar-refractivity contribution in [3.63, 3.8) is 0 Å². The van der Waals surface area contributed by atoms with Crippen LogP contribution in [-0.2, 0) is 9.05 Å². The van der Waals surface area contributed by atoms with Gasteiger partial charge in [0, 0.05) is 22.6 Å². The fourth-order valence-corrected chi connectivity index (χ4v) is 4.36. The third kappa shape index (κ3) is 3.70. The van der Waals surface area contributed by atoms with Gasteiger partial charge in [-0.05, 0) is 24.3 Å². The molecule has 1 heterocycles. The predicted octanol–water partition coefficient (Wildman–Crippen LogP) is 2.84. The maximum Gasteiger partial charge on any atom is 0.270 e. The summed E-state index contributed by atoms with van der Waals surface area (Å²) < 4.78 is 22.3. The highest BCUT2D eigenvalue weighted by atomic mass is 35.7. The van der Waals surface area contributed by atoms with Crippen molar-refractivity contribution in [1.29, 1.82) is 0 Å². The third-order valence-corrected chi connectivity index (χ3v) is 6.68. The lowest BCUT2D eigenvalue weighted by Gasteiger charge is -2.15. The van der Waals surface area contributed by atoms with Crippen LogP contribution in [0.1, 0.15) is 36.5 Å². The average molecular weight is 322 g/mol. The minimum Gasteiger partial charge on any atom is -0.352 e. The second-order valence-corrected chi connectivity index (χ2v) is 8.67. The zero-order chi connectivity index (χ0) is 14.0. The van der Waals surface area contributed by atoms with Gasteiger partial charge in [-0.2, -0.15) is 0 Å². The van der Waals surface area contributed by atoms with E-state index in [1.54, 1.807) is 0 Å². The van der Waals surface area contributed by atoms with E-state index in [1.807, 2.05) is 0 Å². The zero-order valence-electron chi connectivity index (χ0n) is 10.6. The molecule has 0 spiro atoms. The third-order valence-electron chi connectivity index (χ3n) is 3.64. The molecule has 4 nitrogen and oxygen atoms in total. The second kappa shape index (κ2) is 5.81. The monoisotopic (exact) mass is 321 g/mol. The Bertz CT molecular complexity index is 567. The number of rotatable bonds is 4. The summed E-state index contributed by atoms with van der Waals surface area (Å²) in [6.07, 6.45) is 3.58. The number of thiophene rings is 1. The van der Waals surface area contributed by atoms with E-state index >= 15 is 0 Å². The molecule has 1 N–H and O–H groups in total. The summed E-state index contributed by atoms with van der Waals surface area (Å²) in [5, 5.41) is 4.38. The van der Waals surface area contributed by atoms with Gasteiger partial charge >= 0.3 is 0 Å². The number of hydrogen-bond donors (Lipinski definition) is 1. The Morgan fingerprint density at radius 1 is 1.53 bits per heavy atom. The smallest absolute Gasteiger partial charge is 0.270 e. The lowest BCUT2D eigenvalue weighted by Crippen LogP contribution is -2.29. The first-order valence-electron chi connectivity index (χ1n) is 6.19.